The Kier molecular flexibility index (Phi) is 16.8. The molecule has 0 heterocycles. The van der Waals surface area contributed by atoms with E-state index in [0.29, 0.717) is 0 Å². The van der Waals surface area contributed by atoms with E-state index in [1.165, 1.54) is 82.6 Å². The lowest BCUT2D eigenvalue weighted by atomic mass is 10.1. The first-order valence-corrected chi connectivity index (χ1v) is 12.7. The van der Waals surface area contributed by atoms with E-state index in [1.54, 1.807) is 0 Å². The van der Waals surface area contributed by atoms with Crippen molar-refractivity contribution in [3.05, 3.63) is 23.8 Å². The standard InChI is InChI=1S/C27H48O2/c1-4-7-9-11-13-15-17-23-28-26-21-19-22-27(25(26)20-6-3)29-24-18-16-14-12-10-8-5-2/h19,21-22H,4-18,20,23-24H2,1-3H3. The maximum atomic E-state index is 6.16. The fraction of sp³-hybridized carbons (Fsp3) is 0.778. The summed E-state index contributed by atoms with van der Waals surface area (Å²) >= 11 is 0. The Bertz CT molecular complexity index is 445. The van der Waals surface area contributed by atoms with Crippen LogP contribution in [-0.2, 0) is 6.42 Å². The van der Waals surface area contributed by atoms with Gasteiger partial charge in [-0.15, -0.1) is 0 Å². The smallest absolute Gasteiger partial charge is 0.126 e. The molecule has 0 aliphatic heterocycles. The molecule has 0 radical (unpaired) electrons. The van der Waals surface area contributed by atoms with E-state index in [2.05, 4.69) is 39.0 Å². The second-order valence-corrected chi connectivity index (χ2v) is 8.42. The Morgan fingerprint density at radius 3 is 1.34 bits per heavy atom. The van der Waals surface area contributed by atoms with E-state index in [9.17, 15) is 0 Å². The van der Waals surface area contributed by atoms with Crippen LogP contribution in [0.3, 0.4) is 0 Å². The summed E-state index contributed by atoms with van der Waals surface area (Å²) in [7, 11) is 0. The Hall–Kier alpha value is -1.18. The molecule has 0 saturated heterocycles. The second kappa shape index (κ2) is 18.8. The second-order valence-electron chi connectivity index (χ2n) is 8.42. The maximum absolute atomic E-state index is 6.16. The molecule has 0 amide bonds. The normalized spacial score (nSPS) is 11.0. The summed E-state index contributed by atoms with van der Waals surface area (Å²) in [5.41, 5.74) is 1.26. The molecule has 0 aliphatic carbocycles. The molecule has 0 aromatic heterocycles. The minimum absolute atomic E-state index is 0.825. The van der Waals surface area contributed by atoms with Crippen LogP contribution < -0.4 is 9.47 Å². The zero-order chi connectivity index (χ0) is 21.0. The van der Waals surface area contributed by atoms with Gasteiger partial charge in [0.1, 0.15) is 11.5 Å². The fourth-order valence-corrected chi connectivity index (χ4v) is 3.79. The minimum atomic E-state index is 0.825. The number of hydrogen-bond donors (Lipinski definition) is 0. The van der Waals surface area contributed by atoms with E-state index in [-0.39, 0.29) is 0 Å². The third-order valence-electron chi connectivity index (χ3n) is 5.60. The van der Waals surface area contributed by atoms with Crippen molar-refractivity contribution in [2.45, 2.75) is 124 Å². The zero-order valence-corrected chi connectivity index (χ0v) is 19.8. The molecule has 2 heteroatoms. The van der Waals surface area contributed by atoms with Crippen molar-refractivity contribution in [1.29, 1.82) is 0 Å². The van der Waals surface area contributed by atoms with E-state index in [0.717, 1.165) is 50.4 Å². The highest BCUT2D eigenvalue weighted by molar-refractivity contribution is 5.45. The van der Waals surface area contributed by atoms with Crippen molar-refractivity contribution >= 4 is 0 Å². The molecule has 0 saturated carbocycles. The first kappa shape index (κ1) is 25.9. The van der Waals surface area contributed by atoms with E-state index in [4.69, 9.17) is 9.47 Å². The number of ether oxygens (including phenoxy) is 2. The van der Waals surface area contributed by atoms with Gasteiger partial charge in [-0.3, -0.25) is 0 Å². The predicted molar refractivity (Wildman–Crippen MR) is 127 cm³/mol. The fourth-order valence-electron chi connectivity index (χ4n) is 3.79. The monoisotopic (exact) mass is 404 g/mol. The SMILES string of the molecule is CCCCCCCCCOc1cccc(OCCCCCCCCC)c1CCC. The molecule has 1 rings (SSSR count). The lowest BCUT2D eigenvalue weighted by Gasteiger charge is -2.16. The molecule has 1 aromatic carbocycles. The topological polar surface area (TPSA) is 18.5 Å². The first-order chi connectivity index (χ1) is 14.3. The van der Waals surface area contributed by atoms with E-state index in [1.807, 2.05) is 0 Å². The van der Waals surface area contributed by atoms with Crippen LogP contribution in [0.4, 0.5) is 0 Å². The highest BCUT2D eigenvalue weighted by atomic mass is 16.5. The van der Waals surface area contributed by atoms with Crippen LogP contribution in [0.5, 0.6) is 11.5 Å². The third-order valence-corrected chi connectivity index (χ3v) is 5.60. The lowest BCUT2D eigenvalue weighted by molar-refractivity contribution is 0.284. The zero-order valence-electron chi connectivity index (χ0n) is 19.8. The summed E-state index contributed by atoms with van der Waals surface area (Å²) in [6, 6.07) is 6.32. The highest BCUT2D eigenvalue weighted by Gasteiger charge is 2.10. The van der Waals surface area contributed by atoms with Gasteiger partial charge < -0.3 is 9.47 Å². The van der Waals surface area contributed by atoms with E-state index >= 15 is 0 Å². The van der Waals surface area contributed by atoms with Crippen LogP contribution in [0.1, 0.15) is 123 Å². The van der Waals surface area contributed by atoms with Crippen LogP contribution in [0.2, 0.25) is 0 Å². The minimum Gasteiger partial charge on any atom is -0.493 e. The Morgan fingerprint density at radius 1 is 0.517 bits per heavy atom. The van der Waals surface area contributed by atoms with Gasteiger partial charge in [0.05, 0.1) is 13.2 Å². The molecule has 1 aromatic rings. The summed E-state index contributed by atoms with van der Waals surface area (Å²) in [5, 5.41) is 0. The summed E-state index contributed by atoms with van der Waals surface area (Å²) in [4.78, 5) is 0. The average Bonchev–Trinajstić information content (AvgIpc) is 2.73. The third kappa shape index (κ3) is 12.9. The van der Waals surface area contributed by atoms with Gasteiger partial charge in [0, 0.05) is 5.56 Å². The lowest BCUT2D eigenvalue weighted by Crippen LogP contribution is -2.04. The molecule has 0 atom stereocenters. The van der Waals surface area contributed by atoms with Gasteiger partial charge in [-0.1, -0.05) is 110 Å². The Morgan fingerprint density at radius 2 is 0.931 bits per heavy atom. The summed E-state index contributed by atoms with van der Waals surface area (Å²) in [6.07, 6.45) is 20.6. The van der Waals surface area contributed by atoms with Crippen LogP contribution >= 0.6 is 0 Å². The molecule has 0 fully saturated rings. The molecule has 2 nitrogen and oxygen atoms in total. The van der Waals surface area contributed by atoms with E-state index < -0.39 is 0 Å². The van der Waals surface area contributed by atoms with Gasteiger partial charge in [0.15, 0.2) is 0 Å². The number of rotatable bonds is 20. The van der Waals surface area contributed by atoms with Crippen LogP contribution in [0, 0.1) is 0 Å². The molecular weight excluding hydrogens is 356 g/mol. The van der Waals surface area contributed by atoms with Crippen molar-refractivity contribution in [1.82, 2.24) is 0 Å². The Balaban J connectivity index is 2.32. The maximum Gasteiger partial charge on any atom is 0.126 e. The number of unbranched alkanes of at least 4 members (excludes halogenated alkanes) is 12. The predicted octanol–water partition coefficient (Wildman–Crippen LogP) is 8.90. The highest BCUT2D eigenvalue weighted by Crippen LogP contribution is 2.30. The summed E-state index contributed by atoms with van der Waals surface area (Å²) < 4.78 is 12.3. The number of benzene rings is 1. The molecule has 0 unspecified atom stereocenters. The number of hydrogen-bond acceptors (Lipinski definition) is 2. The van der Waals surface area contributed by atoms with Crippen LogP contribution in [0.25, 0.3) is 0 Å². The first-order valence-electron chi connectivity index (χ1n) is 12.7. The van der Waals surface area contributed by atoms with Crippen LogP contribution in [0.15, 0.2) is 18.2 Å². The van der Waals surface area contributed by atoms with Gasteiger partial charge in [-0.25, -0.2) is 0 Å². The largest absolute Gasteiger partial charge is 0.493 e. The quantitative estimate of drug-likeness (QED) is 0.202. The van der Waals surface area contributed by atoms with Crippen molar-refractivity contribution in [2.24, 2.45) is 0 Å². The molecule has 0 spiro atoms. The average molecular weight is 405 g/mol. The summed E-state index contributed by atoms with van der Waals surface area (Å²) in [6.45, 7) is 8.42. The molecule has 0 aliphatic rings. The van der Waals surface area contributed by atoms with Crippen LogP contribution in [-0.4, -0.2) is 13.2 Å². The summed E-state index contributed by atoms with van der Waals surface area (Å²) in [5.74, 6) is 2.07. The molecule has 29 heavy (non-hydrogen) atoms. The van der Waals surface area contributed by atoms with Gasteiger partial charge in [0.2, 0.25) is 0 Å². The Labute approximate surface area is 181 Å². The molecule has 168 valence electrons. The van der Waals surface area contributed by atoms with Crippen molar-refractivity contribution in [3.8, 4) is 11.5 Å². The van der Waals surface area contributed by atoms with Gasteiger partial charge >= 0.3 is 0 Å². The molecule has 0 N–H and O–H groups in total. The van der Waals surface area contributed by atoms with Crippen molar-refractivity contribution in [3.63, 3.8) is 0 Å². The van der Waals surface area contributed by atoms with Crippen molar-refractivity contribution < 1.29 is 9.47 Å². The van der Waals surface area contributed by atoms with Gasteiger partial charge in [-0.2, -0.15) is 0 Å². The van der Waals surface area contributed by atoms with Gasteiger partial charge in [-0.05, 0) is 31.4 Å². The van der Waals surface area contributed by atoms with Gasteiger partial charge in [0.25, 0.3) is 0 Å². The van der Waals surface area contributed by atoms with Crippen molar-refractivity contribution in [2.75, 3.05) is 13.2 Å². The molecule has 0 bridgehead atoms. The molecular formula is C27H48O2.